The Labute approximate surface area is 184 Å². The summed E-state index contributed by atoms with van der Waals surface area (Å²) < 4.78 is 0. The van der Waals surface area contributed by atoms with E-state index in [0.29, 0.717) is 27.6 Å². The van der Waals surface area contributed by atoms with E-state index in [2.05, 4.69) is 21.3 Å². The van der Waals surface area contributed by atoms with Gasteiger partial charge in [-0.15, -0.1) is 0 Å². The fourth-order valence-corrected chi connectivity index (χ4v) is 2.83. The molecule has 0 saturated carbocycles. The van der Waals surface area contributed by atoms with Crippen molar-refractivity contribution in [1.29, 1.82) is 0 Å². The van der Waals surface area contributed by atoms with Gasteiger partial charge in [0.2, 0.25) is 5.91 Å². The van der Waals surface area contributed by atoms with Crippen LogP contribution in [0.15, 0.2) is 78.9 Å². The highest BCUT2D eigenvalue weighted by molar-refractivity contribution is 6.30. The van der Waals surface area contributed by atoms with Crippen molar-refractivity contribution in [3.05, 3.63) is 89.4 Å². The van der Waals surface area contributed by atoms with E-state index in [4.69, 9.17) is 11.6 Å². The van der Waals surface area contributed by atoms with Gasteiger partial charge in [-0.05, 0) is 54.6 Å². The quantitative estimate of drug-likeness (QED) is 0.430. The summed E-state index contributed by atoms with van der Waals surface area (Å²) in [6.45, 7) is 0.185. The van der Waals surface area contributed by atoms with E-state index in [0.717, 1.165) is 0 Å². The summed E-state index contributed by atoms with van der Waals surface area (Å²) in [4.78, 5) is 36.3. The molecule has 3 aromatic rings. The highest BCUT2D eigenvalue weighted by Gasteiger charge is 2.08. The van der Waals surface area contributed by atoms with Crippen molar-refractivity contribution in [3.63, 3.8) is 0 Å². The van der Waals surface area contributed by atoms with Crippen LogP contribution >= 0.6 is 11.6 Å². The minimum absolute atomic E-state index is 0.103. The number of urea groups is 1. The van der Waals surface area contributed by atoms with Crippen LogP contribution in [0, 0.1) is 0 Å². The molecular formula is C23H21ClN4O3. The van der Waals surface area contributed by atoms with Gasteiger partial charge in [-0.25, -0.2) is 4.79 Å². The first-order valence-corrected chi connectivity index (χ1v) is 9.94. The lowest BCUT2D eigenvalue weighted by atomic mass is 10.2. The number of benzene rings is 3. The molecule has 3 aromatic carbocycles. The number of rotatable bonds is 7. The maximum Gasteiger partial charge on any atom is 0.323 e. The maximum atomic E-state index is 12.2. The highest BCUT2D eigenvalue weighted by Crippen LogP contribution is 2.16. The van der Waals surface area contributed by atoms with Crippen molar-refractivity contribution in [3.8, 4) is 0 Å². The Kier molecular flexibility index (Phi) is 7.61. The normalized spacial score (nSPS) is 10.1. The molecule has 0 saturated heterocycles. The van der Waals surface area contributed by atoms with E-state index < -0.39 is 0 Å². The highest BCUT2D eigenvalue weighted by atomic mass is 35.5. The average Bonchev–Trinajstić information content (AvgIpc) is 2.75. The first-order valence-electron chi connectivity index (χ1n) is 9.56. The van der Waals surface area contributed by atoms with Crippen LogP contribution in [0.2, 0.25) is 5.02 Å². The van der Waals surface area contributed by atoms with Crippen LogP contribution in [0.3, 0.4) is 0 Å². The summed E-state index contributed by atoms with van der Waals surface area (Å²) in [5.41, 5.74) is 2.20. The molecule has 0 aromatic heterocycles. The number of nitrogens with one attached hydrogen (secondary N) is 4. The third kappa shape index (κ3) is 7.17. The second-order valence-electron chi connectivity index (χ2n) is 6.59. The van der Waals surface area contributed by atoms with Crippen LogP contribution in [0.25, 0.3) is 0 Å². The molecule has 0 spiro atoms. The third-order valence-corrected chi connectivity index (χ3v) is 4.43. The molecule has 0 fully saturated rings. The Balaban J connectivity index is 1.45. The Morgan fingerprint density at radius 3 is 2.03 bits per heavy atom. The minimum Gasteiger partial charge on any atom is -0.352 e. The first kappa shape index (κ1) is 21.9. The van der Waals surface area contributed by atoms with E-state index >= 15 is 0 Å². The number of carbonyl (C=O) groups is 3. The van der Waals surface area contributed by atoms with E-state index in [1.165, 1.54) is 0 Å². The predicted octanol–water partition coefficient (Wildman–Crippen LogP) is 4.74. The van der Waals surface area contributed by atoms with E-state index in [-0.39, 0.29) is 30.8 Å². The Morgan fingerprint density at radius 1 is 0.710 bits per heavy atom. The standard InChI is InChI=1S/C23H21ClN4O3/c24-17-11-9-16(10-12-17)22(30)25-14-13-21(29)26-19-7-4-8-20(15-19)28-23(31)27-18-5-2-1-3-6-18/h1-12,15H,13-14H2,(H,25,30)(H,26,29)(H2,27,28,31). The molecule has 0 unspecified atom stereocenters. The SMILES string of the molecule is O=C(CCNC(=O)c1ccc(Cl)cc1)Nc1cccc(NC(=O)Nc2ccccc2)c1. The molecular weight excluding hydrogens is 416 g/mol. The zero-order chi connectivity index (χ0) is 22.1. The molecule has 0 aliphatic heterocycles. The van der Waals surface area contributed by atoms with Crippen LogP contribution < -0.4 is 21.3 Å². The number of anilines is 3. The lowest BCUT2D eigenvalue weighted by Crippen LogP contribution is -2.27. The van der Waals surface area contributed by atoms with Crippen molar-refractivity contribution < 1.29 is 14.4 Å². The third-order valence-electron chi connectivity index (χ3n) is 4.18. The molecule has 3 rings (SSSR count). The molecule has 0 atom stereocenters. The molecule has 4 amide bonds. The van der Waals surface area contributed by atoms with Gasteiger partial charge in [0.05, 0.1) is 0 Å². The fraction of sp³-hybridized carbons (Fsp3) is 0.0870. The van der Waals surface area contributed by atoms with Crippen molar-refractivity contribution in [2.75, 3.05) is 22.5 Å². The second kappa shape index (κ2) is 10.8. The molecule has 0 aliphatic rings. The minimum atomic E-state index is -0.389. The van der Waals surface area contributed by atoms with E-state index in [1.807, 2.05) is 18.2 Å². The lowest BCUT2D eigenvalue weighted by Gasteiger charge is -2.10. The topological polar surface area (TPSA) is 99.3 Å². The van der Waals surface area contributed by atoms with E-state index in [9.17, 15) is 14.4 Å². The van der Waals surface area contributed by atoms with Crippen molar-refractivity contribution in [2.45, 2.75) is 6.42 Å². The van der Waals surface area contributed by atoms with Crippen molar-refractivity contribution in [1.82, 2.24) is 5.32 Å². The first-order chi connectivity index (χ1) is 15.0. The summed E-state index contributed by atoms with van der Waals surface area (Å²) >= 11 is 5.80. The largest absolute Gasteiger partial charge is 0.352 e. The Hall–Kier alpha value is -3.84. The van der Waals surface area contributed by atoms with Gasteiger partial charge in [0.1, 0.15) is 0 Å². The number of carbonyl (C=O) groups excluding carboxylic acids is 3. The summed E-state index contributed by atoms with van der Waals surface area (Å²) in [5, 5.41) is 11.4. The van der Waals surface area contributed by atoms with Crippen LogP contribution in [0.4, 0.5) is 21.9 Å². The molecule has 0 bridgehead atoms. The van der Waals surface area contributed by atoms with E-state index in [1.54, 1.807) is 60.7 Å². The van der Waals surface area contributed by atoms with Gasteiger partial charge in [-0.3, -0.25) is 9.59 Å². The fourth-order valence-electron chi connectivity index (χ4n) is 2.71. The molecule has 4 N–H and O–H groups in total. The Morgan fingerprint density at radius 2 is 1.32 bits per heavy atom. The summed E-state index contributed by atoms with van der Waals surface area (Å²) in [7, 11) is 0. The van der Waals surface area contributed by atoms with Gasteiger partial charge < -0.3 is 21.3 Å². The van der Waals surface area contributed by atoms with Crippen LogP contribution in [0.1, 0.15) is 16.8 Å². The van der Waals surface area contributed by atoms with Crippen LogP contribution in [-0.4, -0.2) is 24.4 Å². The van der Waals surface area contributed by atoms with Crippen molar-refractivity contribution >= 4 is 46.5 Å². The second-order valence-corrected chi connectivity index (χ2v) is 7.02. The van der Waals surface area contributed by atoms with Crippen LogP contribution in [0.5, 0.6) is 0 Å². The number of amides is 4. The molecule has 8 heteroatoms. The van der Waals surface area contributed by atoms with Gasteiger partial charge in [0, 0.05) is 40.6 Å². The molecule has 158 valence electrons. The van der Waals surface area contributed by atoms with Crippen molar-refractivity contribution in [2.24, 2.45) is 0 Å². The summed E-state index contributed by atoms with van der Waals surface area (Å²) in [5.74, 6) is -0.539. The van der Waals surface area contributed by atoms with Gasteiger partial charge in [0.25, 0.3) is 5.91 Å². The smallest absolute Gasteiger partial charge is 0.323 e. The predicted molar refractivity (Wildman–Crippen MR) is 123 cm³/mol. The summed E-state index contributed by atoms with van der Waals surface area (Å²) in [6.07, 6.45) is 0.103. The lowest BCUT2D eigenvalue weighted by molar-refractivity contribution is -0.116. The summed E-state index contributed by atoms with van der Waals surface area (Å²) in [6, 6.07) is 22.0. The zero-order valence-electron chi connectivity index (χ0n) is 16.5. The molecule has 0 heterocycles. The van der Waals surface area contributed by atoms with Gasteiger partial charge in [-0.1, -0.05) is 35.9 Å². The maximum absolute atomic E-state index is 12.2. The van der Waals surface area contributed by atoms with Gasteiger partial charge in [-0.2, -0.15) is 0 Å². The van der Waals surface area contributed by atoms with Gasteiger partial charge >= 0.3 is 6.03 Å². The van der Waals surface area contributed by atoms with Gasteiger partial charge in [0.15, 0.2) is 0 Å². The number of hydrogen-bond acceptors (Lipinski definition) is 3. The molecule has 0 radical (unpaired) electrons. The van der Waals surface area contributed by atoms with Crippen LogP contribution in [-0.2, 0) is 4.79 Å². The number of para-hydroxylation sites is 1. The Bertz CT molecular complexity index is 1060. The molecule has 7 nitrogen and oxygen atoms in total. The monoisotopic (exact) mass is 436 g/mol. The zero-order valence-corrected chi connectivity index (χ0v) is 17.3. The molecule has 0 aliphatic carbocycles. The average molecular weight is 437 g/mol. The number of halogens is 1. The number of hydrogen-bond donors (Lipinski definition) is 4. The molecule has 31 heavy (non-hydrogen) atoms.